The van der Waals surface area contributed by atoms with Gasteiger partial charge in [-0.15, -0.1) is 0 Å². The molecule has 5 heteroatoms. The molecular weight excluding hydrogens is 391 g/mol. The van der Waals surface area contributed by atoms with Crippen LogP contribution in [0.15, 0.2) is 78.5 Å². The molecule has 0 fully saturated rings. The van der Waals surface area contributed by atoms with Gasteiger partial charge in [-0.25, -0.2) is 9.29 Å². The molecule has 0 bridgehead atoms. The average molecular weight is 414 g/mol. The maximum atomic E-state index is 13.7. The molecule has 0 unspecified atom stereocenters. The summed E-state index contributed by atoms with van der Waals surface area (Å²) in [5.41, 5.74) is 4.48. The van der Waals surface area contributed by atoms with E-state index in [-0.39, 0.29) is 5.57 Å². The van der Waals surface area contributed by atoms with Gasteiger partial charge in [-0.1, -0.05) is 36.4 Å². The number of imide groups is 1. The lowest BCUT2D eigenvalue weighted by molar-refractivity contribution is -0.120. The predicted molar refractivity (Wildman–Crippen MR) is 121 cm³/mol. The number of hydrogen-bond donors (Lipinski definition) is 0. The molecule has 0 saturated carbocycles. The molecule has 4 rings (SSSR count). The second kappa shape index (κ2) is 8.19. The van der Waals surface area contributed by atoms with Crippen molar-refractivity contribution >= 4 is 28.8 Å². The van der Waals surface area contributed by atoms with E-state index in [2.05, 4.69) is 0 Å². The van der Waals surface area contributed by atoms with E-state index in [0.29, 0.717) is 23.5 Å². The minimum absolute atomic E-state index is 0.272. The van der Waals surface area contributed by atoms with Crippen LogP contribution in [-0.2, 0) is 9.59 Å². The fraction of sp³-hybridized carbons (Fsp3) is 0.154. The highest BCUT2D eigenvalue weighted by Gasteiger charge is 2.42. The van der Waals surface area contributed by atoms with Crippen LogP contribution in [0.1, 0.15) is 23.6 Å². The van der Waals surface area contributed by atoms with Gasteiger partial charge < -0.3 is 4.90 Å². The first kappa shape index (κ1) is 20.5. The molecule has 0 N–H and O–H groups in total. The largest absolute Gasteiger partial charge is 0.337 e. The number of aryl methyl sites for hydroxylation is 2. The topological polar surface area (TPSA) is 40.6 Å². The van der Waals surface area contributed by atoms with Crippen molar-refractivity contribution in [1.29, 1.82) is 0 Å². The van der Waals surface area contributed by atoms with Gasteiger partial charge in [-0.3, -0.25) is 9.59 Å². The lowest BCUT2D eigenvalue weighted by atomic mass is 10.0. The van der Waals surface area contributed by atoms with Crippen LogP contribution in [0, 0.1) is 19.7 Å². The molecule has 4 nitrogen and oxygen atoms in total. The van der Waals surface area contributed by atoms with Crippen LogP contribution >= 0.6 is 0 Å². The second-order valence-electron chi connectivity index (χ2n) is 7.52. The molecule has 0 aromatic heterocycles. The SMILES string of the molecule is CCN(C1=C(c2ccc(F)cc2)C(=O)N(c2ccc(C)c(C)c2)C1=O)c1ccccc1. The Balaban J connectivity index is 1.91. The number of hydrogen-bond acceptors (Lipinski definition) is 3. The highest BCUT2D eigenvalue weighted by Crippen LogP contribution is 2.37. The fourth-order valence-electron chi connectivity index (χ4n) is 3.82. The quantitative estimate of drug-likeness (QED) is 0.535. The number of anilines is 2. The Morgan fingerprint density at radius 3 is 2.13 bits per heavy atom. The van der Waals surface area contributed by atoms with E-state index in [1.165, 1.54) is 17.0 Å². The van der Waals surface area contributed by atoms with Crippen LogP contribution in [-0.4, -0.2) is 18.4 Å². The summed E-state index contributed by atoms with van der Waals surface area (Å²) in [5, 5.41) is 0. The number of rotatable bonds is 5. The van der Waals surface area contributed by atoms with E-state index in [1.54, 1.807) is 18.2 Å². The Kier molecular flexibility index (Phi) is 5.42. The van der Waals surface area contributed by atoms with E-state index < -0.39 is 17.6 Å². The molecule has 1 aliphatic rings. The molecule has 0 radical (unpaired) electrons. The molecule has 3 aromatic carbocycles. The molecule has 0 atom stereocenters. The first-order chi connectivity index (χ1) is 14.9. The van der Waals surface area contributed by atoms with Crippen molar-refractivity contribution in [3.8, 4) is 0 Å². The van der Waals surface area contributed by atoms with Crippen molar-refractivity contribution < 1.29 is 14.0 Å². The summed E-state index contributed by atoms with van der Waals surface area (Å²) in [6, 6.07) is 20.7. The lowest BCUT2D eigenvalue weighted by Crippen LogP contribution is -2.35. The summed E-state index contributed by atoms with van der Waals surface area (Å²) in [7, 11) is 0. The first-order valence-corrected chi connectivity index (χ1v) is 10.2. The molecule has 1 heterocycles. The molecule has 31 heavy (non-hydrogen) atoms. The zero-order chi connectivity index (χ0) is 22.1. The van der Waals surface area contributed by atoms with Gasteiger partial charge in [-0.05, 0) is 73.9 Å². The zero-order valence-electron chi connectivity index (χ0n) is 17.7. The number of nitrogens with zero attached hydrogens (tertiary/aromatic N) is 2. The standard InChI is InChI=1S/C26H23FN2O2/c1-4-28(21-8-6-5-7-9-21)24-23(19-11-13-20(27)14-12-19)25(30)29(26(24)31)22-15-10-17(2)18(3)16-22/h5-16H,4H2,1-3H3. The minimum atomic E-state index is -0.413. The Hall–Kier alpha value is -3.73. The smallest absolute Gasteiger partial charge is 0.282 e. The lowest BCUT2D eigenvalue weighted by Gasteiger charge is -2.25. The summed E-state index contributed by atoms with van der Waals surface area (Å²) in [6.07, 6.45) is 0. The molecule has 1 aliphatic heterocycles. The van der Waals surface area contributed by atoms with Crippen molar-refractivity contribution in [2.75, 3.05) is 16.3 Å². The summed E-state index contributed by atoms with van der Waals surface area (Å²) >= 11 is 0. The molecule has 3 aromatic rings. The van der Waals surface area contributed by atoms with Gasteiger partial charge in [0.05, 0.1) is 11.3 Å². The summed E-state index contributed by atoms with van der Waals surface area (Å²) in [4.78, 5) is 30.3. The number of benzene rings is 3. The van der Waals surface area contributed by atoms with Crippen LogP contribution in [0.25, 0.3) is 5.57 Å². The van der Waals surface area contributed by atoms with Crippen molar-refractivity contribution in [3.63, 3.8) is 0 Å². The molecule has 0 spiro atoms. The van der Waals surface area contributed by atoms with Gasteiger partial charge in [0.15, 0.2) is 0 Å². The molecule has 0 saturated heterocycles. The third-order valence-electron chi connectivity index (χ3n) is 5.60. The normalized spacial score (nSPS) is 13.9. The van der Waals surface area contributed by atoms with Gasteiger partial charge in [0.1, 0.15) is 11.5 Å². The molecule has 0 aliphatic carbocycles. The van der Waals surface area contributed by atoms with E-state index >= 15 is 0 Å². The van der Waals surface area contributed by atoms with Crippen molar-refractivity contribution in [3.05, 3.63) is 101 Å². The Bertz CT molecular complexity index is 1180. The number of carbonyl (C=O) groups is 2. The van der Waals surface area contributed by atoms with Crippen LogP contribution < -0.4 is 9.80 Å². The average Bonchev–Trinajstić information content (AvgIpc) is 3.02. The highest BCUT2D eigenvalue weighted by molar-refractivity contribution is 6.46. The second-order valence-corrected chi connectivity index (χ2v) is 7.52. The van der Waals surface area contributed by atoms with Gasteiger partial charge in [0.2, 0.25) is 0 Å². The van der Waals surface area contributed by atoms with Crippen LogP contribution in [0.4, 0.5) is 15.8 Å². The summed E-state index contributed by atoms with van der Waals surface area (Å²) in [5.74, 6) is -1.20. The van der Waals surface area contributed by atoms with Gasteiger partial charge in [-0.2, -0.15) is 0 Å². The first-order valence-electron chi connectivity index (χ1n) is 10.2. The predicted octanol–water partition coefficient (Wildman–Crippen LogP) is 5.25. The van der Waals surface area contributed by atoms with E-state index in [4.69, 9.17) is 0 Å². The highest BCUT2D eigenvalue weighted by atomic mass is 19.1. The maximum absolute atomic E-state index is 13.7. The van der Waals surface area contributed by atoms with Gasteiger partial charge in [0.25, 0.3) is 11.8 Å². The van der Waals surface area contributed by atoms with Crippen molar-refractivity contribution in [1.82, 2.24) is 0 Å². The Morgan fingerprint density at radius 1 is 0.839 bits per heavy atom. The van der Waals surface area contributed by atoms with Crippen LogP contribution in [0.5, 0.6) is 0 Å². The van der Waals surface area contributed by atoms with Crippen molar-refractivity contribution in [2.24, 2.45) is 0 Å². The number of para-hydroxylation sites is 1. The number of likely N-dealkylation sites (N-methyl/N-ethyl adjacent to an activating group) is 1. The summed E-state index contributed by atoms with van der Waals surface area (Å²) in [6.45, 7) is 6.35. The molecule has 2 amide bonds. The number of carbonyl (C=O) groups excluding carboxylic acids is 2. The minimum Gasteiger partial charge on any atom is -0.337 e. The van der Waals surface area contributed by atoms with Gasteiger partial charge in [0, 0.05) is 12.2 Å². The van der Waals surface area contributed by atoms with Gasteiger partial charge >= 0.3 is 0 Å². The number of amides is 2. The third-order valence-corrected chi connectivity index (χ3v) is 5.60. The number of halogens is 1. The fourth-order valence-corrected chi connectivity index (χ4v) is 3.82. The Labute approximate surface area is 181 Å². The van der Waals surface area contributed by atoms with E-state index in [9.17, 15) is 14.0 Å². The Morgan fingerprint density at radius 2 is 1.52 bits per heavy atom. The molecule has 156 valence electrons. The van der Waals surface area contributed by atoms with Crippen molar-refractivity contribution in [2.45, 2.75) is 20.8 Å². The zero-order valence-corrected chi connectivity index (χ0v) is 17.7. The van der Waals surface area contributed by atoms with E-state index in [0.717, 1.165) is 16.8 Å². The summed E-state index contributed by atoms with van der Waals surface area (Å²) < 4.78 is 13.6. The molecular formula is C26H23FN2O2. The van der Waals surface area contributed by atoms with Crippen LogP contribution in [0.3, 0.4) is 0 Å². The van der Waals surface area contributed by atoms with E-state index in [1.807, 2.05) is 68.1 Å². The maximum Gasteiger partial charge on any atom is 0.282 e. The monoisotopic (exact) mass is 414 g/mol. The van der Waals surface area contributed by atoms with Crippen LogP contribution in [0.2, 0.25) is 0 Å². The third kappa shape index (κ3) is 3.63.